The number of allylic oxidation sites excluding steroid dienone is 4. The van der Waals surface area contributed by atoms with Gasteiger partial charge in [0, 0.05) is 23.3 Å². The SMILES string of the molecule is C[C@H]1C[C@H]2[C@@H]3CC(=O)C4=CC(=O)C=C[C@]4(C)[C@@]3(F)[C@@H](O)C[C@]2(C)[C@@]1(O)C(=O)CO. The first-order valence-electron chi connectivity index (χ1n) is 10.1. The zero-order valence-corrected chi connectivity index (χ0v) is 16.8. The number of carbonyl (C=O) groups excluding carboxylic acids is 3. The van der Waals surface area contributed by atoms with Crippen LogP contribution in [0.5, 0.6) is 0 Å². The number of hydrogen-bond donors (Lipinski definition) is 3. The van der Waals surface area contributed by atoms with Crippen molar-refractivity contribution < 1.29 is 34.1 Å². The third kappa shape index (κ3) is 2.13. The Kier molecular flexibility index (Phi) is 4.20. The van der Waals surface area contributed by atoms with Crippen LogP contribution in [0, 0.1) is 28.6 Å². The highest BCUT2D eigenvalue weighted by atomic mass is 19.1. The van der Waals surface area contributed by atoms with E-state index in [4.69, 9.17) is 0 Å². The Morgan fingerprint density at radius 3 is 2.55 bits per heavy atom. The number of aliphatic hydroxyl groups is 3. The molecule has 0 radical (unpaired) electrons. The number of alkyl halides is 1. The van der Waals surface area contributed by atoms with E-state index in [9.17, 15) is 29.7 Å². The second-order valence-corrected chi connectivity index (χ2v) is 9.73. The van der Waals surface area contributed by atoms with Gasteiger partial charge in [0.1, 0.15) is 12.2 Å². The molecule has 0 amide bonds. The number of hydrogen-bond acceptors (Lipinski definition) is 6. The molecule has 0 bridgehead atoms. The minimum Gasteiger partial charge on any atom is -0.390 e. The van der Waals surface area contributed by atoms with Crippen molar-refractivity contribution in [1.82, 2.24) is 0 Å². The van der Waals surface area contributed by atoms with Gasteiger partial charge < -0.3 is 15.3 Å². The highest BCUT2D eigenvalue weighted by Crippen LogP contribution is 2.70. The average molecular weight is 406 g/mol. The average Bonchev–Trinajstić information content (AvgIpc) is 2.86. The van der Waals surface area contributed by atoms with Crippen molar-refractivity contribution >= 4 is 17.3 Å². The van der Waals surface area contributed by atoms with E-state index in [1.807, 2.05) is 0 Å². The van der Waals surface area contributed by atoms with Gasteiger partial charge in [0.25, 0.3) is 0 Å². The summed E-state index contributed by atoms with van der Waals surface area (Å²) in [5.41, 5.74) is -6.71. The van der Waals surface area contributed by atoms with Crippen LogP contribution in [0.25, 0.3) is 0 Å². The number of Topliss-reactive ketones (excluding diaryl/α,β-unsaturated/α-hetero) is 2. The van der Waals surface area contributed by atoms with Gasteiger partial charge in [-0.25, -0.2) is 4.39 Å². The molecule has 3 fully saturated rings. The molecule has 0 spiro atoms. The van der Waals surface area contributed by atoms with Gasteiger partial charge in [0.2, 0.25) is 0 Å². The van der Waals surface area contributed by atoms with Gasteiger partial charge in [-0.3, -0.25) is 14.4 Å². The van der Waals surface area contributed by atoms with E-state index in [1.165, 1.54) is 19.1 Å². The summed E-state index contributed by atoms with van der Waals surface area (Å²) in [6, 6.07) is 0. The van der Waals surface area contributed by atoms with E-state index in [0.29, 0.717) is 6.42 Å². The van der Waals surface area contributed by atoms with Gasteiger partial charge in [-0.05, 0) is 43.8 Å². The van der Waals surface area contributed by atoms with Gasteiger partial charge in [-0.15, -0.1) is 0 Å². The first kappa shape index (κ1) is 20.6. The molecule has 8 atom stereocenters. The molecule has 0 aromatic carbocycles. The Bertz CT molecular complexity index is 879. The Labute approximate surface area is 168 Å². The number of fused-ring (bicyclic) bond motifs is 5. The van der Waals surface area contributed by atoms with Crippen molar-refractivity contribution in [3.05, 3.63) is 23.8 Å². The third-order valence-corrected chi connectivity index (χ3v) is 8.63. The van der Waals surface area contributed by atoms with Crippen LogP contribution >= 0.6 is 0 Å². The molecule has 158 valence electrons. The largest absolute Gasteiger partial charge is 0.390 e. The summed E-state index contributed by atoms with van der Waals surface area (Å²) in [5.74, 6) is -3.51. The van der Waals surface area contributed by atoms with E-state index in [0.717, 1.165) is 6.08 Å². The van der Waals surface area contributed by atoms with E-state index in [1.54, 1.807) is 13.8 Å². The lowest BCUT2D eigenvalue weighted by molar-refractivity contribution is -0.218. The van der Waals surface area contributed by atoms with Crippen LogP contribution in [-0.4, -0.2) is 56.6 Å². The summed E-state index contributed by atoms with van der Waals surface area (Å²) in [7, 11) is 0. The molecule has 0 aromatic heterocycles. The molecule has 0 aliphatic heterocycles. The summed E-state index contributed by atoms with van der Waals surface area (Å²) >= 11 is 0. The van der Waals surface area contributed by atoms with Crippen LogP contribution in [0.3, 0.4) is 0 Å². The molecule has 0 aromatic rings. The Morgan fingerprint density at radius 2 is 1.93 bits per heavy atom. The summed E-state index contributed by atoms with van der Waals surface area (Å²) in [6.45, 7) is 4.01. The smallest absolute Gasteiger partial charge is 0.190 e. The van der Waals surface area contributed by atoms with E-state index >= 15 is 4.39 Å². The van der Waals surface area contributed by atoms with Gasteiger partial charge >= 0.3 is 0 Å². The maximum Gasteiger partial charge on any atom is 0.190 e. The fourth-order valence-electron chi connectivity index (χ4n) is 7.09. The lowest BCUT2D eigenvalue weighted by Crippen LogP contribution is -2.70. The quantitative estimate of drug-likeness (QED) is 0.633. The van der Waals surface area contributed by atoms with Crippen LogP contribution in [0.2, 0.25) is 0 Å². The number of ketones is 3. The van der Waals surface area contributed by atoms with Gasteiger partial charge in [-0.2, -0.15) is 0 Å². The van der Waals surface area contributed by atoms with Crippen molar-refractivity contribution in [1.29, 1.82) is 0 Å². The molecule has 0 heterocycles. The first-order valence-corrected chi connectivity index (χ1v) is 10.1. The molecular formula is C22H27FO6. The molecule has 0 unspecified atom stereocenters. The van der Waals surface area contributed by atoms with Crippen LogP contribution in [0.1, 0.15) is 40.0 Å². The molecule has 4 aliphatic rings. The number of halogens is 1. The minimum atomic E-state index is -2.22. The molecule has 0 saturated heterocycles. The van der Waals surface area contributed by atoms with E-state index in [-0.39, 0.29) is 30.0 Å². The molecule has 4 rings (SSSR count). The van der Waals surface area contributed by atoms with E-state index < -0.39 is 58.3 Å². The normalized spacial score (nSPS) is 51.2. The molecule has 7 heteroatoms. The van der Waals surface area contributed by atoms with Crippen LogP contribution < -0.4 is 0 Å². The second-order valence-electron chi connectivity index (χ2n) is 9.73. The number of rotatable bonds is 2. The summed E-state index contributed by atoms with van der Waals surface area (Å²) in [5, 5.41) is 31.9. The monoisotopic (exact) mass is 406 g/mol. The van der Waals surface area contributed by atoms with Crippen molar-refractivity contribution in [3.63, 3.8) is 0 Å². The van der Waals surface area contributed by atoms with Crippen molar-refractivity contribution in [2.24, 2.45) is 28.6 Å². The Hall–Kier alpha value is -1.70. The molecule has 3 N–H and O–H groups in total. The predicted molar refractivity (Wildman–Crippen MR) is 100 cm³/mol. The lowest BCUT2D eigenvalue weighted by Gasteiger charge is -2.62. The molecule has 29 heavy (non-hydrogen) atoms. The summed E-state index contributed by atoms with van der Waals surface area (Å²) < 4.78 is 16.9. The fraction of sp³-hybridized carbons (Fsp3) is 0.682. The zero-order chi connectivity index (χ0) is 21.6. The van der Waals surface area contributed by atoms with Gasteiger partial charge in [0.05, 0.1) is 11.5 Å². The van der Waals surface area contributed by atoms with Crippen molar-refractivity contribution in [2.45, 2.75) is 57.4 Å². The summed E-state index contributed by atoms with van der Waals surface area (Å²) in [6.07, 6.45) is 2.11. The third-order valence-electron chi connectivity index (χ3n) is 8.63. The van der Waals surface area contributed by atoms with Crippen molar-refractivity contribution in [2.75, 3.05) is 6.61 Å². The number of aliphatic hydroxyl groups excluding tert-OH is 2. The predicted octanol–water partition coefficient (Wildman–Crippen LogP) is 1.07. The molecule has 3 saturated carbocycles. The number of carbonyl (C=O) groups is 3. The molecular weight excluding hydrogens is 379 g/mol. The second kappa shape index (κ2) is 5.93. The Balaban J connectivity index is 1.88. The maximum atomic E-state index is 16.9. The fourth-order valence-corrected chi connectivity index (χ4v) is 7.09. The minimum absolute atomic E-state index is 0.0687. The maximum absolute atomic E-state index is 16.9. The van der Waals surface area contributed by atoms with E-state index in [2.05, 4.69) is 0 Å². The first-order chi connectivity index (χ1) is 13.4. The van der Waals surface area contributed by atoms with Crippen LogP contribution in [-0.2, 0) is 14.4 Å². The molecule has 6 nitrogen and oxygen atoms in total. The standard InChI is InChI=1S/C22H27FO6/c1-11-6-13-14-8-16(26)15-7-12(25)4-5-19(15,2)21(14,23)17(27)9-20(13,3)22(11,29)18(28)10-24/h4-5,7,11,13-14,17,24,27,29H,6,8-10H2,1-3H3/t11-,13-,14-,17-,19-,20-,21-,22-/m0/s1. The van der Waals surface area contributed by atoms with Gasteiger partial charge in [-0.1, -0.05) is 19.9 Å². The zero-order valence-electron chi connectivity index (χ0n) is 16.8. The van der Waals surface area contributed by atoms with Crippen LogP contribution in [0.4, 0.5) is 4.39 Å². The topological polar surface area (TPSA) is 112 Å². The highest BCUT2D eigenvalue weighted by molar-refractivity contribution is 6.10. The van der Waals surface area contributed by atoms with Gasteiger partial charge in [0.15, 0.2) is 23.0 Å². The molecule has 4 aliphatic carbocycles. The van der Waals surface area contributed by atoms with Crippen molar-refractivity contribution in [3.8, 4) is 0 Å². The highest BCUT2D eigenvalue weighted by Gasteiger charge is 2.76. The summed E-state index contributed by atoms with van der Waals surface area (Å²) in [4.78, 5) is 37.3. The van der Waals surface area contributed by atoms with Crippen LogP contribution in [0.15, 0.2) is 23.8 Å². The Morgan fingerprint density at radius 1 is 1.28 bits per heavy atom. The lowest BCUT2D eigenvalue weighted by atomic mass is 9.44.